The molecule has 3 aromatic rings. The quantitative estimate of drug-likeness (QED) is 0.0659. The third-order valence-corrected chi connectivity index (χ3v) is 7.05. The van der Waals surface area contributed by atoms with E-state index in [1.54, 1.807) is 48.5 Å². The third kappa shape index (κ3) is 12.4. The van der Waals surface area contributed by atoms with Crippen LogP contribution in [-0.4, -0.2) is 37.1 Å². The highest BCUT2D eigenvalue weighted by Gasteiger charge is 2.24. The topological polar surface area (TPSA) is 124 Å². The first-order valence-electron chi connectivity index (χ1n) is 16.8. The molecule has 0 saturated carbocycles. The van der Waals surface area contributed by atoms with E-state index in [1.165, 1.54) is 12.1 Å². The number of unbranched alkanes of at least 4 members (excludes halogenated alkanes) is 4. The maximum absolute atomic E-state index is 13.2. The second kappa shape index (κ2) is 20.4. The summed E-state index contributed by atoms with van der Waals surface area (Å²) in [6.07, 6.45) is 6.68. The van der Waals surface area contributed by atoms with E-state index in [2.05, 4.69) is 13.8 Å². The third-order valence-electron chi connectivity index (χ3n) is 7.05. The zero-order valence-corrected chi connectivity index (χ0v) is 28.3. The normalized spacial score (nSPS) is 10.6. The molecule has 0 fully saturated rings. The maximum atomic E-state index is 13.2. The zero-order chi connectivity index (χ0) is 34.7. The van der Waals surface area contributed by atoms with E-state index in [0.717, 1.165) is 38.5 Å². The zero-order valence-electron chi connectivity index (χ0n) is 28.3. The lowest BCUT2D eigenvalue weighted by molar-refractivity contribution is -0.135. The summed E-state index contributed by atoms with van der Waals surface area (Å²) < 4.78 is 33.9. The van der Waals surface area contributed by atoms with Crippen LogP contribution < -0.4 is 28.4 Å². The summed E-state index contributed by atoms with van der Waals surface area (Å²) >= 11 is 0. The van der Waals surface area contributed by atoms with E-state index >= 15 is 0 Å². The lowest BCUT2D eigenvalue weighted by Crippen LogP contribution is -2.15. The highest BCUT2D eigenvalue weighted by molar-refractivity contribution is 5.93. The van der Waals surface area contributed by atoms with E-state index < -0.39 is 23.9 Å². The van der Waals surface area contributed by atoms with E-state index in [4.69, 9.17) is 28.4 Å². The first-order valence-corrected chi connectivity index (χ1v) is 16.8. The van der Waals surface area contributed by atoms with Gasteiger partial charge in [-0.2, -0.15) is 0 Å². The summed E-state index contributed by atoms with van der Waals surface area (Å²) in [5.74, 6) is -2.20. The molecule has 0 saturated heterocycles. The van der Waals surface area contributed by atoms with Gasteiger partial charge in [0.2, 0.25) is 0 Å². The standard InChI is InChI=1S/C38H46O10/c1-5-9-13-35(39)45-31-25-34(48-38(42)28-17-21-30(22-18-28)44-24-12-8-4)32(46-36(40)14-10-6-2)26-33(31)47-37(41)27-15-19-29(20-16-27)43-23-11-7-3/h15-22,25-26H,5-14,23-24H2,1-4H3. The monoisotopic (exact) mass is 662 g/mol. The molecular weight excluding hydrogens is 616 g/mol. The number of esters is 4. The van der Waals surface area contributed by atoms with Crippen molar-refractivity contribution in [3.63, 3.8) is 0 Å². The molecule has 0 heterocycles. The van der Waals surface area contributed by atoms with Crippen molar-refractivity contribution in [3.8, 4) is 34.5 Å². The summed E-state index contributed by atoms with van der Waals surface area (Å²) in [6.45, 7) is 9.11. The predicted molar refractivity (Wildman–Crippen MR) is 180 cm³/mol. The van der Waals surface area contributed by atoms with E-state index in [-0.39, 0.29) is 47.0 Å². The summed E-state index contributed by atoms with van der Waals surface area (Å²) in [5.41, 5.74) is 0.417. The summed E-state index contributed by atoms with van der Waals surface area (Å²) in [6, 6.07) is 15.3. The summed E-state index contributed by atoms with van der Waals surface area (Å²) in [4.78, 5) is 51.9. The van der Waals surface area contributed by atoms with Gasteiger partial charge in [-0.3, -0.25) is 9.59 Å². The van der Waals surface area contributed by atoms with Crippen molar-refractivity contribution in [2.24, 2.45) is 0 Å². The molecule has 0 spiro atoms. The average Bonchev–Trinajstić information content (AvgIpc) is 3.09. The van der Waals surface area contributed by atoms with Gasteiger partial charge in [0.1, 0.15) is 11.5 Å². The molecule has 0 radical (unpaired) electrons. The van der Waals surface area contributed by atoms with Gasteiger partial charge < -0.3 is 28.4 Å². The maximum Gasteiger partial charge on any atom is 0.343 e. The first-order chi connectivity index (χ1) is 23.3. The molecule has 10 nitrogen and oxygen atoms in total. The SMILES string of the molecule is CCCCOc1ccc(C(=O)Oc2cc(OC(=O)CCCC)c(OC(=O)c3ccc(OCCCC)cc3)cc2OC(=O)CCCC)cc1. The minimum Gasteiger partial charge on any atom is -0.494 e. The number of hydrogen-bond donors (Lipinski definition) is 0. The fraction of sp³-hybridized carbons (Fsp3) is 0.421. The highest BCUT2D eigenvalue weighted by Crippen LogP contribution is 2.41. The molecule has 0 bridgehead atoms. The van der Waals surface area contributed by atoms with Gasteiger partial charge in [0.15, 0.2) is 23.0 Å². The van der Waals surface area contributed by atoms with Gasteiger partial charge in [0.25, 0.3) is 0 Å². The minimum absolute atomic E-state index is 0.110. The van der Waals surface area contributed by atoms with Gasteiger partial charge in [0.05, 0.1) is 24.3 Å². The highest BCUT2D eigenvalue weighted by atomic mass is 16.6. The second-order valence-electron chi connectivity index (χ2n) is 11.1. The number of ether oxygens (including phenoxy) is 6. The number of rotatable bonds is 20. The van der Waals surface area contributed by atoms with Crippen molar-refractivity contribution in [1.82, 2.24) is 0 Å². The van der Waals surface area contributed by atoms with E-state index in [9.17, 15) is 19.2 Å². The lowest BCUT2D eigenvalue weighted by atomic mass is 10.2. The molecule has 0 amide bonds. The second-order valence-corrected chi connectivity index (χ2v) is 11.1. The fourth-order valence-corrected chi connectivity index (χ4v) is 4.19. The molecule has 3 rings (SSSR count). The van der Waals surface area contributed by atoms with Crippen molar-refractivity contribution < 1.29 is 47.6 Å². The van der Waals surface area contributed by atoms with Crippen LogP contribution >= 0.6 is 0 Å². The molecule has 0 aliphatic heterocycles. The molecule has 0 aromatic heterocycles. The Bertz CT molecular complexity index is 1370. The van der Waals surface area contributed by atoms with Crippen molar-refractivity contribution >= 4 is 23.9 Å². The summed E-state index contributed by atoms with van der Waals surface area (Å²) in [7, 11) is 0. The molecule has 10 heteroatoms. The van der Waals surface area contributed by atoms with E-state index in [0.29, 0.717) is 37.6 Å². The minimum atomic E-state index is -0.754. The number of carbonyl (C=O) groups is 4. The predicted octanol–water partition coefficient (Wildman–Crippen LogP) is 8.67. The van der Waals surface area contributed by atoms with Gasteiger partial charge in [-0.1, -0.05) is 53.4 Å². The first kappa shape index (κ1) is 37.6. The van der Waals surface area contributed by atoms with Gasteiger partial charge in [-0.25, -0.2) is 9.59 Å². The fourth-order valence-electron chi connectivity index (χ4n) is 4.19. The van der Waals surface area contributed by atoms with Crippen LogP contribution in [0.4, 0.5) is 0 Å². The number of benzene rings is 3. The van der Waals surface area contributed by atoms with Crippen LogP contribution in [0.25, 0.3) is 0 Å². The number of hydrogen-bond acceptors (Lipinski definition) is 10. The Morgan fingerprint density at radius 2 is 0.792 bits per heavy atom. The average molecular weight is 663 g/mol. The van der Waals surface area contributed by atoms with Gasteiger partial charge in [-0.15, -0.1) is 0 Å². The largest absolute Gasteiger partial charge is 0.494 e. The molecule has 0 aliphatic carbocycles. The molecule has 48 heavy (non-hydrogen) atoms. The number of carbonyl (C=O) groups excluding carboxylic acids is 4. The van der Waals surface area contributed by atoms with Crippen LogP contribution in [0, 0.1) is 0 Å². The Hall–Kier alpha value is -4.86. The Morgan fingerprint density at radius 3 is 1.12 bits per heavy atom. The van der Waals surface area contributed by atoms with Gasteiger partial charge in [0, 0.05) is 25.0 Å². The van der Waals surface area contributed by atoms with Crippen LogP contribution in [0.3, 0.4) is 0 Å². The molecule has 3 aromatic carbocycles. The molecule has 0 N–H and O–H groups in total. The molecule has 0 atom stereocenters. The Kier molecular flexibility index (Phi) is 16.0. The van der Waals surface area contributed by atoms with Crippen LogP contribution in [0.15, 0.2) is 60.7 Å². The van der Waals surface area contributed by atoms with Crippen molar-refractivity contribution in [2.45, 2.75) is 91.9 Å². The van der Waals surface area contributed by atoms with E-state index in [1.807, 2.05) is 13.8 Å². The Balaban J connectivity index is 1.94. The molecule has 0 unspecified atom stereocenters. The lowest BCUT2D eigenvalue weighted by Gasteiger charge is -2.16. The molecule has 0 aliphatic rings. The Morgan fingerprint density at radius 1 is 0.458 bits per heavy atom. The van der Waals surface area contributed by atoms with Crippen LogP contribution in [-0.2, 0) is 9.59 Å². The van der Waals surface area contributed by atoms with Crippen LogP contribution in [0.1, 0.15) is 113 Å². The molecular formula is C38H46O10. The smallest absolute Gasteiger partial charge is 0.343 e. The summed E-state index contributed by atoms with van der Waals surface area (Å²) in [5, 5.41) is 0. The van der Waals surface area contributed by atoms with Crippen molar-refractivity contribution in [2.75, 3.05) is 13.2 Å². The van der Waals surface area contributed by atoms with Gasteiger partial charge in [-0.05, 0) is 74.2 Å². The van der Waals surface area contributed by atoms with Crippen molar-refractivity contribution in [1.29, 1.82) is 0 Å². The van der Waals surface area contributed by atoms with Crippen LogP contribution in [0.5, 0.6) is 34.5 Å². The van der Waals surface area contributed by atoms with Crippen molar-refractivity contribution in [3.05, 3.63) is 71.8 Å². The van der Waals surface area contributed by atoms with Gasteiger partial charge >= 0.3 is 23.9 Å². The van der Waals surface area contributed by atoms with Crippen LogP contribution in [0.2, 0.25) is 0 Å². The molecule has 258 valence electrons. The Labute approximate surface area is 282 Å².